The number of amides is 1. The van der Waals surface area contributed by atoms with E-state index in [4.69, 9.17) is 5.73 Å². The quantitative estimate of drug-likeness (QED) is 0.769. The molecular weight excluding hydrogens is 250 g/mol. The Bertz CT molecular complexity index is 540. The molecule has 0 saturated carbocycles. The largest absolute Gasteiger partial charge is 0.382 e. The average Bonchev–Trinajstić information content (AvgIpc) is 2.86. The molecule has 0 spiro atoms. The van der Waals surface area contributed by atoms with Gasteiger partial charge in [-0.05, 0) is 13.8 Å². The Morgan fingerprint density at radius 1 is 1.56 bits per heavy atom. The van der Waals surface area contributed by atoms with Crippen LogP contribution in [0.25, 0.3) is 0 Å². The molecule has 2 aromatic heterocycles. The molecule has 0 bridgehead atoms. The van der Waals surface area contributed by atoms with Crippen molar-refractivity contribution in [1.29, 1.82) is 0 Å². The Hall–Kier alpha value is -1.89. The summed E-state index contributed by atoms with van der Waals surface area (Å²) in [6.45, 7) is 4.26. The molecule has 2 aromatic rings. The summed E-state index contributed by atoms with van der Waals surface area (Å²) in [4.78, 5) is 16.2. The number of carbonyl (C=O) groups is 1. The maximum Gasteiger partial charge on any atom is 0.256 e. The van der Waals surface area contributed by atoms with E-state index in [1.54, 1.807) is 18.3 Å². The van der Waals surface area contributed by atoms with Crippen molar-refractivity contribution in [3.8, 4) is 0 Å². The number of H-pyrrole nitrogens is 1. The minimum atomic E-state index is -0.202. The van der Waals surface area contributed by atoms with Crippen LogP contribution in [0.15, 0.2) is 5.38 Å². The third-order valence-corrected chi connectivity index (χ3v) is 3.52. The number of nitrogens with one attached hydrogen (secondary N) is 2. The van der Waals surface area contributed by atoms with Crippen LogP contribution in [-0.2, 0) is 6.42 Å². The van der Waals surface area contributed by atoms with E-state index in [0.29, 0.717) is 17.8 Å². The topological polar surface area (TPSA) is 96.7 Å². The van der Waals surface area contributed by atoms with E-state index >= 15 is 0 Å². The van der Waals surface area contributed by atoms with Gasteiger partial charge in [0.25, 0.3) is 5.91 Å². The summed E-state index contributed by atoms with van der Waals surface area (Å²) >= 11 is 1.60. The molecule has 0 saturated heterocycles. The molecule has 1 amide bonds. The van der Waals surface area contributed by atoms with Crippen molar-refractivity contribution in [2.75, 3.05) is 12.3 Å². The van der Waals surface area contributed by atoms with E-state index in [9.17, 15) is 4.79 Å². The van der Waals surface area contributed by atoms with Crippen molar-refractivity contribution in [3.05, 3.63) is 27.3 Å². The lowest BCUT2D eigenvalue weighted by atomic mass is 10.2. The lowest BCUT2D eigenvalue weighted by Gasteiger charge is -2.03. The number of aryl methyl sites for hydroxylation is 2. The smallest absolute Gasteiger partial charge is 0.256 e. The summed E-state index contributed by atoms with van der Waals surface area (Å²) in [5.41, 5.74) is 7.72. The second-order valence-corrected chi connectivity index (χ2v) is 4.94. The van der Waals surface area contributed by atoms with Crippen molar-refractivity contribution in [2.24, 2.45) is 0 Å². The van der Waals surface area contributed by atoms with E-state index < -0.39 is 0 Å². The van der Waals surface area contributed by atoms with E-state index in [2.05, 4.69) is 20.5 Å². The van der Waals surface area contributed by atoms with Crippen LogP contribution in [-0.4, -0.2) is 27.6 Å². The van der Waals surface area contributed by atoms with Gasteiger partial charge in [-0.25, -0.2) is 4.98 Å². The molecule has 96 valence electrons. The third-order valence-electron chi connectivity index (χ3n) is 2.49. The van der Waals surface area contributed by atoms with Crippen LogP contribution in [0, 0.1) is 13.8 Å². The van der Waals surface area contributed by atoms with Gasteiger partial charge in [-0.1, -0.05) is 0 Å². The maximum absolute atomic E-state index is 11.9. The summed E-state index contributed by atoms with van der Waals surface area (Å²) in [5.74, 6) is 0.0297. The highest BCUT2D eigenvalue weighted by Crippen LogP contribution is 2.12. The second-order valence-electron chi connectivity index (χ2n) is 4.00. The lowest BCUT2D eigenvalue weighted by molar-refractivity contribution is 0.0954. The minimum Gasteiger partial charge on any atom is -0.382 e. The van der Waals surface area contributed by atoms with Crippen LogP contribution in [0.3, 0.4) is 0 Å². The molecule has 0 aliphatic heterocycles. The summed E-state index contributed by atoms with van der Waals surface area (Å²) < 4.78 is 0. The first-order chi connectivity index (χ1) is 8.58. The SMILES string of the molecule is Cc1csc(CCNC(=O)c2c(N)n[nH]c2C)n1. The molecule has 6 nitrogen and oxygen atoms in total. The van der Waals surface area contributed by atoms with Gasteiger partial charge in [0, 0.05) is 29.7 Å². The van der Waals surface area contributed by atoms with E-state index in [-0.39, 0.29) is 11.7 Å². The monoisotopic (exact) mass is 265 g/mol. The number of hydrogen-bond acceptors (Lipinski definition) is 5. The standard InChI is InChI=1S/C11H15N5OS/c1-6-5-18-8(14-6)3-4-13-11(17)9-7(2)15-16-10(9)12/h5H,3-4H2,1-2H3,(H,13,17)(H3,12,15,16). The number of anilines is 1. The van der Waals surface area contributed by atoms with Crippen molar-refractivity contribution in [2.45, 2.75) is 20.3 Å². The van der Waals surface area contributed by atoms with Gasteiger partial charge in [0.1, 0.15) is 5.56 Å². The van der Waals surface area contributed by atoms with Gasteiger partial charge in [0.05, 0.1) is 5.01 Å². The van der Waals surface area contributed by atoms with Crippen molar-refractivity contribution < 1.29 is 4.79 Å². The Kier molecular flexibility index (Phi) is 3.61. The first-order valence-electron chi connectivity index (χ1n) is 5.57. The normalized spacial score (nSPS) is 10.6. The van der Waals surface area contributed by atoms with Gasteiger partial charge in [-0.15, -0.1) is 11.3 Å². The zero-order valence-electron chi connectivity index (χ0n) is 10.3. The number of thiazole rings is 1. The molecule has 0 fully saturated rings. The molecule has 0 radical (unpaired) electrons. The Balaban J connectivity index is 1.89. The number of nitrogen functional groups attached to an aromatic ring is 1. The summed E-state index contributed by atoms with van der Waals surface area (Å²) in [7, 11) is 0. The number of nitrogens with two attached hydrogens (primary N) is 1. The molecule has 7 heteroatoms. The van der Waals surface area contributed by atoms with Crippen LogP contribution in [0.5, 0.6) is 0 Å². The number of aromatic nitrogens is 3. The Labute approximate surface area is 109 Å². The molecule has 0 aromatic carbocycles. The van der Waals surface area contributed by atoms with E-state index in [1.165, 1.54) is 0 Å². The summed E-state index contributed by atoms with van der Waals surface area (Å²) in [5, 5.41) is 12.3. The van der Waals surface area contributed by atoms with E-state index in [1.807, 2.05) is 12.3 Å². The van der Waals surface area contributed by atoms with Crippen LogP contribution < -0.4 is 11.1 Å². The molecule has 2 heterocycles. The highest BCUT2D eigenvalue weighted by atomic mass is 32.1. The molecule has 0 aliphatic rings. The fourth-order valence-electron chi connectivity index (χ4n) is 1.62. The van der Waals surface area contributed by atoms with Gasteiger partial charge in [0.2, 0.25) is 0 Å². The molecule has 18 heavy (non-hydrogen) atoms. The van der Waals surface area contributed by atoms with Gasteiger partial charge in [0.15, 0.2) is 5.82 Å². The third kappa shape index (κ3) is 2.67. The second kappa shape index (κ2) is 5.18. The van der Waals surface area contributed by atoms with Gasteiger partial charge >= 0.3 is 0 Å². The Morgan fingerprint density at radius 3 is 2.89 bits per heavy atom. The van der Waals surface area contributed by atoms with Crippen LogP contribution in [0.2, 0.25) is 0 Å². The molecular formula is C11H15N5OS. The van der Waals surface area contributed by atoms with Gasteiger partial charge in [-0.3, -0.25) is 9.89 Å². The zero-order valence-corrected chi connectivity index (χ0v) is 11.1. The summed E-state index contributed by atoms with van der Waals surface area (Å²) in [6, 6.07) is 0. The summed E-state index contributed by atoms with van der Waals surface area (Å²) in [6.07, 6.45) is 0.723. The molecule has 0 unspecified atom stereocenters. The fourth-order valence-corrected chi connectivity index (χ4v) is 2.40. The predicted octanol–water partition coefficient (Wildman–Crippen LogP) is 1.04. The highest BCUT2D eigenvalue weighted by molar-refractivity contribution is 7.09. The first-order valence-corrected chi connectivity index (χ1v) is 6.45. The predicted molar refractivity (Wildman–Crippen MR) is 70.6 cm³/mol. The molecule has 0 aliphatic carbocycles. The van der Waals surface area contributed by atoms with Crippen LogP contribution in [0.1, 0.15) is 26.8 Å². The number of rotatable bonds is 4. The fraction of sp³-hybridized carbons (Fsp3) is 0.364. The number of hydrogen-bond donors (Lipinski definition) is 3. The maximum atomic E-state index is 11.9. The Morgan fingerprint density at radius 2 is 2.33 bits per heavy atom. The van der Waals surface area contributed by atoms with E-state index in [0.717, 1.165) is 17.1 Å². The van der Waals surface area contributed by atoms with Crippen molar-refractivity contribution in [3.63, 3.8) is 0 Å². The first kappa shape index (κ1) is 12.6. The molecule has 2 rings (SSSR count). The average molecular weight is 265 g/mol. The lowest BCUT2D eigenvalue weighted by Crippen LogP contribution is -2.26. The minimum absolute atomic E-state index is 0.202. The van der Waals surface area contributed by atoms with Crippen molar-refractivity contribution in [1.82, 2.24) is 20.5 Å². The van der Waals surface area contributed by atoms with Crippen molar-refractivity contribution >= 4 is 23.1 Å². The van der Waals surface area contributed by atoms with Crippen LogP contribution >= 0.6 is 11.3 Å². The van der Waals surface area contributed by atoms with Crippen LogP contribution in [0.4, 0.5) is 5.82 Å². The highest BCUT2D eigenvalue weighted by Gasteiger charge is 2.15. The van der Waals surface area contributed by atoms with Gasteiger partial charge in [-0.2, -0.15) is 5.10 Å². The number of carbonyl (C=O) groups excluding carboxylic acids is 1. The molecule has 4 N–H and O–H groups in total. The zero-order chi connectivity index (χ0) is 13.1. The molecule has 0 atom stereocenters. The number of aromatic amines is 1. The number of nitrogens with zero attached hydrogens (tertiary/aromatic N) is 2. The van der Waals surface area contributed by atoms with Gasteiger partial charge < -0.3 is 11.1 Å².